The van der Waals surface area contributed by atoms with Crippen LogP contribution in [0.25, 0.3) is 33.9 Å². The molecular weight excluding hydrogens is 531 g/mol. The Balaban J connectivity index is 0.00000176. The lowest BCUT2D eigenvalue weighted by molar-refractivity contribution is -0.141. The first-order valence-corrected chi connectivity index (χ1v) is 9.86. The minimum absolute atomic E-state index is 0.235. The molecule has 1 aromatic carbocycles. The number of aromatic amines is 1. The Kier molecular flexibility index (Phi) is 7.19. The van der Waals surface area contributed by atoms with Crippen molar-refractivity contribution in [2.24, 2.45) is 5.73 Å². The predicted molar refractivity (Wildman–Crippen MR) is 110 cm³/mol. The molecule has 0 aliphatic carbocycles. The van der Waals surface area contributed by atoms with Crippen molar-refractivity contribution in [2.75, 3.05) is 7.05 Å². The van der Waals surface area contributed by atoms with Crippen LogP contribution in [0.5, 0.6) is 0 Å². The Labute approximate surface area is 200 Å². The zero-order chi connectivity index (χ0) is 27.1. The molecule has 0 radical (unpaired) electrons. The first-order chi connectivity index (χ1) is 16.6. The van der Waals surface area contributed by atoms with E-state index in [-0.39, 0.29) is 16.1 Å². The molecule has 0 fully saturated rings. The van der Waals surface area contributed by atoms with Gasteiger partial charge >= 0.3 is 18.5 Å². The van der Waals surface area contributed by atoms with Crippen LogP contribution in [0.4, 0.5) is 39.5 Å². The number of pyridine rings is 1. The highest BCUT2D eigenvalue weighted by atomic mass is 35.5. The van der Waals surface area contributed by atoms with Gasteiger partial charge in [-0.2, -0.15) is 39.5 Å². The van der Waals surface area contributed by atoms with Crippen molar-refractivity contribution in [1.82, 2.24) is 24.9 Å². The second-order valence-corrected chi connectivity index (χ2v) is 7.21. The van der Waals surface area contributed by atoms with Gasteiger partial charge in [0.2, 0.25) is 0 Å². The summed E-state index contributed by atoms with van der Waals surface area (Å²) in [6.45, 7) is 0. The van der Waals surface area contributed by atoms with E-state index >= 15 is 0 Å². The van der Waals surface area contributed by atoms with Gasteiger partial charge in [0.15, 0.2) is 17.2 Å². The minimum atomic E-state index is -5.07. The predicted octanol–water partition coefficient (Wildman–Crippen LogP) is 6.37. The molecule has 0 bridgehead atoms. The molecule has 6 nitrogen and oxygen atoms in total. The number of alkyl halides is 9. The third-order valence-corrected chi connectivity index (χ3v) is 4.81. The lowest BCUT2D eigenvalue weighted by Gasteiger charge is -2.09. The summed E-state index contributed by atoms with van der Waals surface area (Å²) in [6, 6.07) is 3.55. The number of nitrogens with zero attached hydrogens (tertiary/aromatic N) is 4. The van der Waals surface area contributed by atoms with Gasteiger partial charge in [-0.1, -0.05) is 11.6 Å². The maximum Gasteiger partial charge on any atom is 0.435 e. The van der Waals surface area contributed by atoms with E-state index in [0.29, 0.717) is 24.4 Å². The fourth-order valence-electron chi connectivity index (χ4n) is 2.94. The van der Waals surface area contributed by atoms with Gasteiger partial charge in [-0.3, -0.25) is 4.98 Å². The van der Waals surface area contributed by atoms with Crippen LogP contribution in [0.15, 0.2) is 36.5 Å². The van der Waals surface area contributed by atoms with E-state index < -0.39 is 58.3 Å². The van der Waals surface area contributed by atoms with Crippen molar-refractivity contribution in [1.29, 1.82) is 0 Å². The summed E-state index contributed by atoms with van der Waals surface area (Å²) in [5, 5.41) is -0.235. The second-order valence-electron chi connectivity index (χ2n) is 6.80. The SMILES string of the molecule is CN.FC(F)(F)c1ccc(Cl)c(-c2nc3nc(-c4ccc(C(F)(F)F)nc4)nc(C(F)(F)F)c3[nH]2)c1. The van der Waals surface area contributed by atoms with Crippen molar-refractivity contribution < 1.29 is 39.5 Å². The first kappa shape index (κ1) is 27.1. The Hall–Kier alpha value is -3.46. The number of hydrogen-bond donors (Lipinski definition) is 2. The van der Waals surface area contributed by atoms with Crippen LogP contribution in [0.2, 0.25) is 5.02 Å². The third-order valence-electron chi connectivity index (χ3n) is 4.48. The van der Waals surface area contributed by atoms with Gasteiger partial charge in [0, 0.05) is 17.3 Å². The molecule has 192 valence electrons. The molecular formula is C20H12ClF9N6. The lowest BCUT2D eigenvalue weighted by atomic mass is 10.1. The normalized spacial score (nSPS) is 12.4. The summed E-state index contributed by atoms with van der Waals surface area (Å²) < 4.78 is 118. The van der Waals surface area contributed by atoms with E-state index in [1.165, 1.54) is 7.05 Å². The minimum Gasteiger partial charge on any atom is -0.335 e. The Morgan fingerprint density at radius 2 is 1.47 bits per heavy atom. The lowest BCUT2D eigenvalue weighted by Crippen LogP contribution is -2.11. The summed E-state index contributed by atoms with van der Waals surface area (Å²) in [7, 11) is 1.50. The molecule has 4 rings (SSSR count). The van der Waals surface area contributed by atoms with Crippen LogP contribution < -0.4 is 5.73 Å². The maximum atomic E-state index is 13.7. The van der Waals surface area contributed by atoms with Crippen LogP contribution in [-0.4, -0.2) is 32.0 Å². The fraction of sp³-hybridized carbons (Fsp3) is 0.200. The molecule has 3 heterocycles. The highest BCUT2D eigenvalue weighted by Gasteiger charge is 2.38. The van der Waals surface area contributed by atoms with E-state index in [0.717, 1.165) is 12.1 Å². The number of benzene rings is 1. The van der Waals surface area contributed by atoms with E-state index in [1.54, 1.807) is 0 Å². The molecule has 3 N–H and O–H groups in total. The van der Waals surface area contributed by atoms with Gasteiger partial charge in [0.25, 0.3) is 0 Å². The zero-order valence-electron chi connectivity index (χ0n) is 17.6. The number of rotatable bonds is 2. The average molecular weight is 543 g/mol. The quantitative estimate of drug-likeness (QED) is 0.287. The topological polar surface area (TPSA) is 93.4 Å². The summed E-state index contributed by atoms with van der Waals surface area (Å²) >= 11 is 5.93. The van der Waals surface area contributed by atoms with Gasteiger partial charge < -0.3 is 10.7 Å². The number of hydrogen-bond acceptors (Lipinski definition) is 5. The Bertz CT molecular complexity index is 1380. The molecule has 0 unspecified atom stereocenters. The summed E-state index contributed by atoms with van der Waals surface area (Å²) in [4.78, 5) is 16.4. The molecule has 4 aromatic rings. The monoisotopic (exact) mass is 542 g/mol. The molecule has 16 heteroatoms. The highest BCUT2D eigenvalue weighted by Crippen LogP contribution is 2.38. The average Bonchev–Trinajstić information content (AvgIpc) is 3.22. The van der Waals surface area contributed by atoms with Crippen LogP contribution >= 0.6 is 11.6 Å². The van der Waals surface area contributed by atoms with E-state index in [2.05, 4.69) is 30.7 Å². The van der Waals surface area contributed by atoms with Gasteiger partial charge in [-0.05, 0) is 37.4 Å². The standard InChI is InChI=1S/C19H7ClF9N5.CH5N/c20-10-3-2-8(17(21,22)23)5-9(10)15-31-12-13(19(27,28)29)32-14(33-16(12)34-15)7-1-4-11(30-6-7)18(24,25)26;1-2/h1-6H,(H,31,32,33,34);2H2,1H3. The maximum absolute atomic E-state index is 13.7. The summed E-state index contributed by atoms with van der Waals surface area (Å²) in [6.07, 6.45) is -14.0. The van der Waals surface area contributed by atoms with Crippen LogP contribution in [-0.2, 0) is 18.5 Å². The third kappa shape index (κ3) is 5.51. The van der Waals surface area contributed by atoms with Crippen molar-refractivity contribution in [2.45, 2.75) is 18.5 Å². The molecule has 0 spiro atoms. The molecule has 36 heavy (non-hydrogen) atoms. The zero-order valence-corrected chi connectivity index (χ0v) is 18.4. The highest BCUT2D eigenvalue weighted by molar-refractivity contribution is 6.33. The Morgan fingerprint density at radius 1 is 0.806 bits per heavy atom. The van der Waals surface area contributed by atoms with Crippen LogP contribution in [0, 0.1) is 0 Å². The van der Waals surface area contributed by atoms with Crippen molar-refractivity contribution in [3.05, 3.63) is 58.5 Å². The number of nitrogens with two attached hydrogens (primary N) is 1. The van der Waals surface area contributed by atoms with E-state index in [4.69, 9.17) is 11.6 Å². The molecule has 0 aliphatic rings. The number of nitrogens with one attached hydrogen (secondary N) is 1. The molecule has 3 aromatic heterocycles. The first-order valence-electron chi connectivity index (χ1n) is 9.48. The van der Waals surface area contributed by atoms with Gasteiger partial charge in [0.1, 0.15) is 17.0 Å². The molecule has 0 saturated carbocycles. The molecule has 0 saturated heterocycles. The van der Waals surface area contributed by atoms with Crippen molar-refractivity contribution in [3.8, 4) is 22.8 Å². The molecule has 0 amide bonds. The van der Waals surface area contributed by atoms with Crippen LogP contribution in [0.1, 0.15) is 17.0 Å². The smallest absolute Gasteiger partial charge is 0.335 e. The summed E-state index contributed by atoms with van der Waals surface area (Å²) in [5.41, 5.74) is -1.41. The van der Waals surface area contributed by atoms with Crippen LogP contribution in [0.3, 0.4) is 0 Å². The van der Waals surface area contributed by atoms with Gasteiger partial charge in [0.05, 0.1) is 10.6 Å². The fourth-order valence-corrected chi connectivity index (χ4v) is 3.14. The van der Waals surface area contributed by atoms with Crippen molar-refractivity contribution >= 4 is 22.8 Å². The number of imidazole rings is 1. The largest absolute Gasteiger partial charge is 0.435 e. The molecule has 0 atom stereocenters. The van der Waals surface area contributed by atoms with Crippen molar-refractivity contribution in [3.63, 3.8) is 0 Å². The van der Waals surface area contributed by atoms with E-state index in [9.17, 15) is 39.5 Å². The number of fused-ring (bicyclic) bond motifs is 1. The summed E-state index contributed by atoms with van der Waals surface area (Å²) in [5.74, 6) is -1.09. The number of H-pyrrole nitrogens is 1. The number of halogens is 10. The number of aromatic nitrogens is 5. The second kappa shape index (κ2) is 9.54. The molecule has 0 aliphatic heterocycles. The van der Waals surface area contributed by atoms with Gasteiger partial charge in [-0.15, -0.1) is 0 Å². The Morgan fingerprint density at radius 3 is 2.00 bits per heavy atom. The van der Waals surface area contributed by atoms with E-state index in [1.807, 2.05) is 0 Å². The van der Waals surface area contributed by atoms with Gasteiger partial charge in [-0.25, -0.2) is 15.0 Å².